The molecule has 73 heavy (non-hydrogen) atoms. The number of hydrogen-bond acceptors (Lipinski definition) is 8. The number of allylic oxidation sites excluding steroid dienone is 8. The summed E-state index contributed by atoms with van der Waals surface area (Å²) in [6.07, 6.45) is 36.6. The molecule has 2 aromatic rings. The van der Waals surface area contributed by atoms with Crippen LogP contribution in [0.1, 0.15) is 124 Å². The van der Waals surface area contributed by atoms with Crippen LogP contribution in [-0.4, -0.2) is 72.0 Å². The molecule has 8 bridgehead atoms. The molecule has 0 radical (unpaired) electrons. The van der Waals surface area contributed by atoms with Crippen LogP contribution in [0, 0.1) is 118 Å². The van der Waals surface area contributed by atoms with Crippen LogP contribution in [0.4, 0.5) is 0 Å². The van der Waals surface area contributed by atoms with Crippen LogP contribution in [0.3, 0.4) is 0 Å². The van der Waals surface area contributed by atoms with Crippen LogP contribution in [0.25, 0.3) is 0 Å². The van der Waals surface area contributed by atoms with Gasteiger partial charge < -0.3 is 34.6 Å². The average Bonchev–Trinajstić information content (AvgIpc) is 4.26. The molecular weight excluding hydrogens is 913 g/mol. The van der Waals surface area contributed by atoms with Crippen LogP contribution < -0.4 is 9.47 Å². The van der Waals surface area contributed by atoms with Crippen LogP contribution in [0.2, 0.25) is 0 Å². The molecule has 6 fully saturated rings. The molecule has 0 heterocycles. The highest BCUT2D eigenvalue weighted by Gasteiger charge is 2.55. The number of aromatic carboxylic acids is 1. The predicted molar refractivity (Wildman–Crippen MR) is 285 cm³/mol. The molecule has 10 aliphatic carbocycles. The van der Waals surface area contributed by atoms with E-state index in [0.717, 1.165) is 84.5 Å². The number of fused-ring (bicyclic) bond motifs is 8. The van der Waals surface area contributed by atoms with E-state index in [4.69, 9.17) is 19.3 Å². The Kier molecular flexibility index (Phi) is 17.0. The zero-order chi connectivity index (χ0) is 50.6. The first kappa shape index (κ1) is 52.3. The van der Waals surface area contributed by atoms with Gasteiger partial charge in [-0.1, -0.05) is 75.3 Å². The van der Waals surface area contributed by atoms with Crippen molar-refractivity contribution in [1.29, 1.82) is 0 Å². The molecule has 2 aromatic carbocycles. The first-order chi connectivity index (χ1) is 35.7. The second kappa shape index (κ2) is 23.8. The average molecular weight is 999 g/mol. The van der Waals surface area contributed by atoms with Crippen molar-refractivity contribution >= 4 is 11.9 Å². The molecule has 6 saturated carbocycles. The first-order valence-corrected chi connectivity index (χ1v) is 29.1. The fourth-order valence-corrected chi connectivity index (χ4v) is 17.5. The number of unbranched alkanes of at least 4 members (excludes halogenated alkanes) is 2. The van der Waals surface area contributed by atoms with Crippen LogP contribution in [-0.2, 0) is 4.74 Å². The molecule has 0 aliphatic heterocycles. The summed E-state index contributed by atoms with van der Waals surface area (Å²) < 4.78 is 17.1. The minimum Gasteiger partial charge on any atom is -0.494 e. The highest BCUT2D eigenvalue weighted by Crippen LogP contribution is 2.61. The van der Waals surface area contributed by atoms with Gasteiger partial charge in [0.15, 0.2) is 0 Å². The molecule has 0 spiro atoms. The number of esters is 1. The number of carboxylic acids is 1. The minimum atomic E-state index is -0.912. The number of aliphatic hydroxyl groups is 3. The first-order valence-electron chi connectivity index (χ1n) is 29.1. The van der Waals surface area contributed by atoms with Crippen molar-refractivity contribution in [2.45, 2.75) is 104 Å². The summed E-state index contributed by atoms with van der Waals surface area (Å²) in [5.41, 5.74) is 0.890. The van der Waals surface area contributed by atoms with E-state index in [0.29, 0.717) is 116 Å². The number of hydrogen-bond donors (Lipinski definition) is 4. The van der Waals surface area contributed by atoms with E-state index in [1.165, 1.54) is 64.2 Å². The number of carboxylic acid groups (broad SMARTS) is 1. The molecule has 9 heteroatoms. The van der Waals surface area contributed by atoms with Crippen molar-refractivity contribution in [3.05, 3.63) is 108 Å². The lowest BCUT2D eigenvalue weighted by atomic mass is 9.71. The fourth-order valence-electron chi connectivity index (χ4n) is 17.5. The molecule has 10 aliphatic rings. The van der Waals surface area contributed by atoms with Crippen molar-refractivity contribution in [3.8, 4) is 11.5 Å². The Morgan fingerprint density at radius 1 is 0.452 bits per heavy atom. The highest BCUT2D eigenvalue weighted by molar-refractivity contribution is 5.89. The van der Waals surface area contributed by atoms with E-state index in [1.807, 2.05) is 24.3 Å². The summed E-state index contributed by atoms with van der Waals surface area (Å²) in [4.78, 5) is 23.4. The maximum absolute atomic E-state index is 12.9. The molecule has 4 unspecified atom stereocenters. The molecular formula is C64H86O9. The largest absolute Gasteiger partial charge is 0.494 e. The summed E-state index contributed by atoms with van der Waals surface area (Å²) in [6.45, 7) is 7.27. The van der Waals surface area contributed by atoms with Crippen molar-refractivity contribution < 1.29 is 44.2 Å². The lowest BCUT2D eigenvalue weighted by Gasteiger charge is -2.34. The van der Waals surface area contributed by atoms with E-state index in [-0.39, 0.29) is 11.5 Å². The third-order valence-corrected chi connectivity index (χ3v) is 20.7. The maximum atomic E-state index is 12.9. The molecule has 9 nitrogen and oxygen atoms in total. The smallest absolute Gasteiger partial charge is 0.338 e. The van der Waals surface area contributed by atoms with Crippen molar-refractivity contribution in [3.63, 3.8) is 0 Å². The Morgan fingerprint density at radius 3 is 1.12 bits per heavy atom. The van der Waals surface area contributed by atoms with Gasteiger partial charge in [0, 0.05) is 25.7 Å². The standard InChI is InChI=1S/C32H42O4.C21H30O2.C11H14O3/c1-2-3-14-35-27-12-10-20(11-13-27)32(34)36-19-29-22-5-7-24(16-22)31(29)26-9-8-25(17-26)30-23-6-4-21(15-23)28(30)18-33;22-10-18-12-1-3-14(7-12)20(18)16-5-6-17(9-16)21-15-4-2-13(8-15)19(21)11-23;1-2-3-8-14-10-6-4-9(5-7-10)11(12)13/h4-7,10-13,21-26,28-31,33H,2-3,8-9,14-19H2,1H3;1-4,12-23H,5-11H2;4-7H,2-3,8H2,1H3,(H,12,13)/t21-,22+,23+,24-,25?,26?,28-,29+,30+,31-;12-,13+,14+,15-,16?,17?,18-,19+,20+,21-;/m0../s1. The maximum Gasteiger partial charge on any atom is 0.338 e. The van der Waals surface area contributed by atoms with Gasteiger partial charge in [-0.25, -0.2) is 9.59 Å². The lowest BCUT2D eigenvalue weighted by molar-refractivity contribution is 0.0326. The summed E-state index contributed by atoms with van der Waals surface area (Å²) in [5, 5.41) is 38.5. The van der Waals surface area contributed by atoms with Crippen molar-refractivity contribution in [2.75, 3.05) is 39.6 Å². The van der Waals surface area contributed by atoms with Gasteiger partial charge in [-0.3, -0.25) is 0 Å². The Hall–Kier alpha value is -4.18. The Bertz CT molecular complexity index is 2220. The molecule has 0 amide bonds. The van der Waals surface area contributed by atoms with E-state index < -0.39 is 5.97 Å². The second-order valence-electron chi connectivity index (χ2n) is 24.3. The summed E-state index contributed by atoms with van der Waals surface area (Å²) in [7, 11) is 0. The van der Waals surface area contributed by atoms with Gasteiger partial charge in [-0.2, -0.15) is 0 Å². The SMILES string of the molecule is CCCCOc1ccc(C(=O)O)cc1.CCCCOc1ccc(C(=O)OC[C@H]2[C@H](C3CCC([C@@H]4[C@@H](CO)[C@H]5C=C[C@@H]4C5)C3)[C@H]3C=C[C@@H]2C3)cc1.OC[C@@H]1[C@@H](C2CCC([C@H]3[C@H](CO)[C@@H]4C=C[C@H]3C4)C2)[C@@H]2C=C[C@H]1C2. The lowest BCUT2D eigenvalue weighted by Crippen LogP contribution is -2.32. The monoisotopic (exact) mass is 999 g/mol. The molecule has 20 atom stereocenters. The van der Waals surface area contributed by atoms with Crippen LogP contribution in [0.15, 0.2) is 97.1 Å². The number of benzene rings is 2. The van der Waals surface area contributed by atoms with Gasteiger partial charge in [0.05, 0.1) is 30.9 Å². The molecule has 396 valence electrons. The van der Waals surface area contributed by atoms with Crippen LogP contribution in [0.5, 0.6) is 11.5 Å². The zero-order valence-electron chi connectivity index (χ0n) is 43.8. The fraction of sp³-hybridized carbons (Fsp3) is 0.656. The molecule has 0 saturated heterocycles. The van der Waals surface area contributed by atoms with Gasteiger partial charge >= 0.3 is 11.9 Å². The van der Waals surface area contributed by atoms with Crippen molar-refractivity contribution in [1.82, 2.24) is 0 Å². The number of carbonyl (C=O) groups excluding carboxylic acids is 1. The number of ether oxygens (including phenoxy) is 3. The van der Waals surface area contributed by atoms with E-state index in [9.17, 15) is 24.9 Å². The van der Waals surface area contributed by atoms with Gasteiger partial charge in [-0.05, 0) is 238 Å². The van der Waals surface area contributed by atoms with Gasteiger partial charge in [-0.15, -0.1) is 0 Å². The van der Waals surface area contributed by atoms with E-state index >= 15 is 0 Å². The Morgan fingerprint density at radius 2 is 0.781 bits per heavy atom. The number of carbonyl (C=O) groups is 2. The molecule has 12 rings (SSSR count). The quantitative estimate of drug-likeness (QED) is 0.0614. The highest BCUT2D eigenvalue weighted by atomic mass is 16.5. The van der Waals surface area contributed by atoms with E-state index in [1.54, 1.807) is 24.3 Å². The molecule has 4 N–H and O–H groups in total. The Balaban J connectivity index is 0.000000141. The Labute approximate surface area is 436 Å². The summed E-state index contributed by atoms with van der Waals surface area (Å²) in [6, 6.07) is 13.8. The number of rotatable bonds is 19. The second-order valence-corrected chi connectivity index (χ2v) is 24.3. The number of aliphatic hydroxyl groups excluding tert-OH is 3. The van der Waals surface area contributed by atoms with Gasteiger partial charge in [0.2, 0.25) is 0 Å². The topological polar surface area (TPSA) is 143 Å². The van der Waals surface area contributed by atoms with Gasteiger partial charge in [0.25, 0.3) is 0 Å². The third-order valence-electron chi connectivity index (χ3n) is 20.7. The third kappa shape index (κ3) is 11.1. The normalized spacial score (nSPS) is 39.2. The zero-order valence-corrected chi connectivity index (χ0v) is 43.8. The van der Waals surface area contributed by atoms with Crippen molar-refractivity contribution in [2.24, 2.45) is 118 Å². The van der Waals surface area contributed by atoms with Crippen LogP contribution >= 0.6 is 0 Å². The minimum absolute atomic E-state index is 0.218. The molecule has 0 aromatic heterocycles. The summed E-state index contributed by atoms with van der Waals surface area (Å²) in [5.74, 6) is 13.6. The predicted octanol–water partition coefficient (Wildman–Crippen LogP) is 12.1. The van der Waals surface area contributed by atoms with Gasteiger partial charge in [0.1, 0.15) is 11.5 Å². The summed E-state index contributed by atoms with van der Waals surface area (Å²) >= 11 is 0. The van der Waals surface area contributed by atoms with E-state index in [2.05, 4.69) is 62.5 Å².